The van der Waals surface area contributed by atoms with Crippen LogP contribution in [0.2, 0.25) is 0 Å². The molecule has 2 fully saturated rings. The van der Waals surface area contributed by atoms with E-state index in [4.69, 9.17) is 0 Å². The molecule has 1 heterocycles. The molecule has 2 aliphatic rings. The van der Waals surface area contributed by atoms with Gasteiger partial charge in [-0.15, -0.1) is 0 Å². The summed E-state index contributed by atoms with van der Waals surface area (Å²) in [6.45, 7) is 3.62. The van der Waals surface area contributed by atoms with Gasteiger partial charge in [0.25, 0.3) is 0 Å². The fourth-order valence-electron chi connectivity index (χ4n) is 2.53. The second-order valence-corrected chi connectivity index (χ2v) is 5.42. The quantitative estimate of drug-likeness (QED) is 0.851. The van der Waals surface area contributed by atoms with E-state index in [-0.39, 0.29) is 0 Å². The van der Waals surface area contributed by atoms with E-state index in [0.717, 1.165) is 12.5 Å². The lowest BCUT2D eigenvalue weighted by Gasteiger charge is -2.28. The zero-order valence-corrected chi connectivity index (χ0v) is 10.5. The summed E-state index contributed by atoms with van der Waals surface area (Å²) in [6.07, 6.45) is 6.93. The van der Waals surface area contributed by atoms with Gasteiger partial charge in [-0.1, -0.05) is 0 Å². The molecule has 2 nitrogen and oxygen atoms in total. The van der Waals surface area contributed by atoms with Crippen LogP contribution in [0.25, 0.3) is 0 Å². The molecule has 92 valence electrons. The van der Waals surface area contributed by atoms with Crippen molar-refractivity contribution in [2.45, 2.75) is 32.1 Å². The number of benzene rings is 1. The second-order valence-electron chi connectivity index (χ2n) is 5.42. The third-order valence-electron chi connectivity index (χ3n) is 3.88. The van der Waals surface area contributed by atoms with Gasteiger partial charge in [-0.2, -0.15) is 0 Å². The lowest BCUT2D eigenvalue weighted by Crippen LogP contribution is -2.29. The second kappa shape index (κ2) is 4.99. The van der Waals surface area contributed by atoms with Gasteiger partial charge in [-0.3, -0.25) is 0 Å². The average molecular weight is 230 g/mol. The summed E-state index contributed by atoms with van der Waals surface area (Å²) in [7, 11) is 0. The molecule has 1 aromatic carbocycles. The molecular weight excluding hydrogens is 208 g/mol. The Labute approximate surface area is 104 Å². The van der Waals surface area contributed by atoms with Gasteiger partial charge < -0.3 is 10.2 Å². The standard InChI is InChI=1S/C15H22N2/c1-2-10-17(11-3-1)15-8-6-14(7-9-15)16-12-13-4-5-13/h6-9,13,16H,1-5,10-12H2. The van der Waals surface area contributed by atoms with Crippen LogP contribution in [0.1, 0.15) is 32.1 Å². The minimum atomic E-state index is 0.941. The van der Waals surface area contributed by atoms with Crippen LogP contribution in [0.3, 0.4) is 0 Å². The largest absolute Gasteiger partial charge is 0.385 e. The minimum Gasteiger partial charge on any atom is -0.385 e. The van der Waals surface area contributed by atoms with Gasteiger partial charge in [0.2, 0.25) is 0 Å². The molecule has 2 heteroatoms. The van der Waals surface area contributed by atoms with Crippen molar-refractivity contribution in [3.8, 4) is 0 Å². The van der Waals surface area contributed by atoms with Gasteiger partial charge >= 0.3 is 0 Å². The summed E-state index contributed by atoms with van der Waals surface area (Å²) < 4.78 is 0. The van der Waals surface area contributed by atoms with E-state index in [9.17, 15) is 0 Å². The smallest absolute Gasteiger partial charge is 0.0367 e. The fraction of sp³-hybridized carbons (Fsp3) is 0.600. The van der Waals surface area contributed by atoms with Gasteiger partial charge in [0, 0.05) is 31.0 Å². The predicted octanol–water partition coefficient (Wildman–Crippen LogP) is 3.50. The molecule has 1 aliphatic heterocycles. The summed E-state index contributed by atoms with van der Waals surface area (Å²) in [5.74, 6) is 0.941. The Morgan fingerprint density at radius 1 is 1.00 bits per heavy atom. The third kappa shape index (κ3) is 2.93. The zero-order valence-electron chi connectivity index (χ0n) is 10.5. The first kappa shape index (κ1) is 10.9. The molecule has 1 N–H and O–H groups in total. The SMILES string of the molecule is c1cc(N2CCCCC2)ccc1NCC1CC1. The molecule has 1 saturated carbocycles. The molecule has 0 atom stereocenters. The van der Waals surface area contributed by atoms with Crippen molar-refractivity contribution in [2.75, 3.05) is 29.9 Å². The monoisotopic (exact) mass is 230 g/mol. The molecule has 1 aliphatic carbocycles. The van der Waals surface area contributed by atoms with Crippen LogP contribution in [-0.4, -0.2) is 19.6 Å². The number of hydrogen-bond acceptors (Lipinski definition) is 2. The van der Waals surface area contributed by atoms with E-state index in [0.29, 0.717) is 0 Å². The molecule has 1 aromatic rings. The third-order valence-corrected chi connectivity index (χ3v) is 3.88. The highest BCUT2D eigenvalue weighted by Gasteiger charge is 2.20. The first-order valence-corrected chi connectivity index (χ1v) is 7.01. The molecule has 0 radical (unpaired) electrons. The van der Waals surface area contributed by atoms with Gasteiger partial charge in [0.1, 0.15) is 0 Å². The van der Waals surface area contributed by atoms with Crippen LogP contribution in [0.15, 0.2) is 24.3 Å². The van der Waals surface area contributed by atoms with Crippen molar-refractivity contribution in [3.63, 3.8) is 0 Å². The van der Waals surface area contributed by atoms with Crippen molar-refractivity contribution >= 4 is 11.4 Å². The molecule has 0 spiro atoms. The number of hydrogen-bond donors (Lipinski definition) is 1. The summed E-state index contributed by atoms with van der Waals surface area (Å²) in [5.41, 5.74) is 2.67. The van der Waals surface area contributed by atoms with Crippen molar-refractivity contribution < 1.29 is 0 Å². The van der Waals surface area contributed by atoms with Crippen LogP contribution in [-0.2, 0) is 0 Å². The Kier molecular flexibility index (Phi) is 3.21. The molecular formula is C15H22N2. The van der Waals surface area contributed by atoms with Crippen LogP contribution in [0.5, 0.6) is 0 Å². The zero-order chi connectivity index (χ0) is 11.5. The van der Waals surface area contributed by atoms with E-state index in [1.807, 2.05) is 0 Å². The lowest BCUT2D eigenvalue weighted by molar-refractivity contribution is 0.578. The lowest BCUT2D eigenvalue weighted by atomic mass is 10.1. The number of nitrogens with one attached hydrogen (secondary N) is 1. The molecule has 0 bridgehead atoms. The number of piperidine rings is 1. The molecule has 3 rings (SSSR count). The Hall–Kier alpha value is -1.18. The van der Waals surface area contributed by atoms with Crippen LogP contribution in [0.4, 0.5) is 11.4 Å². The van der Waals surface area contributed by atoms with Gasteiger partial charge in [-0.05, 0) is 62.3 Å². The van der Waals surface area contributed by atoms with Gasteiger partial charge in [0.15, 0.2) is 0 Å². The molecule has 0 aromatic heterocycles. The van der Waals surface area contributed by atoms with Gasteiger partial charge in [0.05, 0.1) is 0 Å². The summed E-state index contributed by atoms with van der Waals surface area (Å²) in [4.78, 5) is 2.51. The Morgan fingerprint density at radius 2 is 1.71 bits per heavy atom. The topological polar surface area (TPSA) is 15.3 Å². The Morgan fingerprint density at radius 3 is 2.35 bits per heavy atom. The summed E-state index contributed by atoms with van der Waals surface area (Å²) >= 11 is 0. The highest BCUT2D eigenvalue weighted by Crippen LogP contribution is 2.29. The normalized spacial score (nSPS) is 20.4. The molecule has 17 heavy (non-hydrogen) atoms. The number of anilines is 2. The molecule has 0 amide bonds. The fourth-order valence-corrected chi connectivity index (χ4v) is 2.53. The van der Waals surface area contributed by atoms with Crippen LogP contribution < -0.4 is 10.2 Å². The Balaban J connectivity index is 1.58. The number of nitrogens with zero attached hydrogens (tertiary/aromatic N) is 1. The Bertz CT molecular complexity index is 348. The summed E-state index contributed by atoms with van der Waals surface area (Å²) in [6, 6.07) is 8.99. The maximum absolute atomic E-state index is 3.52. The highest BCUT2D eigenvalue weighted by molar-refractivity contribution is 5.55. The minimum absolute atomic E-state index is 0.941. The van der Waals surface area contributed by atoms with Crippen LogP contribution >= 0.6 is 0 Å². The van der Waals surface area contributed by atoms with E-state index >= 15 is 0 Å². The summed E-state index contributed by atoms with van der Waals surface area (Å²) in [5, 5.41) is 3.52. The van der Waals surface area contributed by atoms with Crippen LogP contribution in [0, 0.1) is 5.92 Å². The molecule has 0 unspecified atom stereocenters. The average Bonchev–Trinajstić information content (AvgIpc) is 3.22. The number of rotatable bonds is 4. The maximum Gasteiger partial charge on any atom is 0.0367 e. The van der Waals surface area contributed by atoms with E-state index < -0.39 is 0 Å². The maximum atomic E-state index is 3.52. The van der Waals surface area contributed by atoms with Crippen molar-refractivity contribution in [3.05, 3.63) is 24.3 Å². The first-order chi connectivity index (χ1) is 8.42. The van der Waals surface area contributed by atoms with E-state index in [1.165, 1.54) is 56.6 Å². The van der Waals surface area contributed by atoms with Crippen molar-refractivity contribution in [1.29, 1.82) is 0 Å². The van der Waals surface area contributed by atoms with Crippen molar-refractivity contribution in [2.24, 2.45) is 5.92 Å². The van der Waals surface area contributed by atoms with Gasteiger partial charge in [-0.25, -0.2) is 0 Å². The first-order valence-electron chi connectivity index (χ1n) is 7.01. The van der Waals surface area contributed by atoms with E-state index in [2.05, 4.69) is 34.5 Å². The van der Waals surface area contributed by atoms with E-state index in [1.54, 1.807) is 0 Å². The molecule has 1 saturated heterocycles. The predicted molar refractivity (Wildman–Crippen MR) is 73.7 cm³/mol. The van der Waals surface area contributed by atoms with Crippen molar-refractivity contribution in [1.82, 2.24) is 0 Å². The highest BCUT2D eigenvalue weighted by atomic mass is 15.1.